The molecule has 0 bridgehead atoms. The number of methoxy groups -OCH3 is 1. The molecule has 3 aromatic carbocycles. The van der Waals surface area contributed by atoms with Gasteiger partial charge in [-0.05, 0) is 76.2 Å². The van der Waals surface area contributed by atoms with Crippen LogP contribution in [0.5, 0.6) is 17.2 Å². The van der Waals surface area contributed by atoms with E-state index in [4.69, 9.17) is 14.2 Å². The number of nitrogens with zero attached hydrogens (tertiary/aromatic N) is 1. The van der Waals surface area contributed by atoms with Crippen LogP contribution in [0.15, 0.2) is 72.3 Å². The van der Waals surface area contributed by atoms with Gasteiger partial charge < -0.3 is 29.5 Å². The monoisotopic (exact) mass is 616 g/mol. The number of halogens is 1. The average molecular weight is 616 g/mol. The van der Waals surface area contributed by atoms with Crippen LogP contribution in [0.25, 0.3) is 6.08 Å². The Labute approximate surface area is 230 Å². The minimum absolute atomic E-state index is 0.158. The molecule has 0 aromatic heterocycles. The predicted molar refractivity (Wildman–Crippen MR) is 151 cm³/mol. The molecular weight excluding hydrogens is 587 g/mol. The first kappa shape index (κ1) is 28.0. The zero-order valence-electron chi connectivity index (χ0n) is 20.9. The molecule has 0 unspecified atom stereocenters. The van der Waals surface area contributed by atoms with Crippen molar-refractivity contribution in [3.8, 4) is 17.2 Å². The van der Waals surface area contributed by atoms with Gasteiger partial charge in [-0.3, -0.25) is 4.79 Å². The third kappa shape index (κ3) is 7.96. The SMILES string of the molecule is COc1ccc(OCc2ccccc2/C=C(\CCO)C(=O)Nc2cccc(OC(=O)N(C)C)c2I)cc1. The maximum Gasteiger partial charge on any atom is 0.414 e. The molecule has 0 fully saturated rings. The Kier molecular flexibility index (Phi) is 10.3. The second-order valence-corrected chi connectivity index (χ2v) is 9.22. The van der Waals surface area contributed by atoms with Crippen molar-refractivity contribution in [3.63, 3.8) is 0 Å². The Bertz CT molecular complexity index is 1260. The lowest BCUT2D eigenvalue weighted by Crippen LogP contribution is -2.25. The predicted octanol–water partition coefficient (Wildman–Crippen LogP) is 5.34. The Balaban J connectivity index is 1.79. The largest absolute Gasteiger partial charge is 0.497 e. The van der Waals surface area contributed by atoms with Gasteiger partial charge in [0.05, 0.1) is 16.4 Å². The minimum atomic E-state index is -0.518. The fourth-order valence-corrected chi connectivity index (χ4v) is 3.88. The molecule has 194 valence electrons. The summed E-state index contributed by atoms with van der Waals surface area (Å²) < 4.78 is 17.1. The molecule has 0 heterocycles. The van der Waals surface area contributed by atoms with E-state index in [1.165, 1.54) is 4.90 Å². The van der Waals surface area contributed by atoms with Gasteiger partial charge in [-0.15, -0.1) is 0 Å². The van der Waals surface area contributed by atoms with Gasteiger partial charge >= 0.3 is 6.09 Å². The summed E-state index contributed by atoms with van der Waals surface area (Å²) in [7, 11) is 4.79. The molecule has 0 saturated heterocycles. The molecule has 2 amide bonds. The number of nitrogens with one attached hydrogen (secondary N) is 1. The van der Waals surface area contributed by atoms with Crippen molar-refractivity contribution in [1.29, 1.82) is 0 Å². The van der Waals surface area contributed by atoms with Gasteiger partial charge in [0.25, 0.3) is 5.91 Å². The fourth-order valence-electron chi connectivity index (χ4n) is 3.27. The second-order valence-electron chi connectivity index (χ2n) is 8.14. The third-order valence-corrected chi connectivity index (χ3v) is 6.40. The molecule has 0 radical (unpaired) electrons. The molecule has 3 aromatic rings. The molecule has 0 spiro atoms. The quantitative estimate of drug-likeness (QED) is 0.236. The molecule has 37 heavy (non-hydrogen) atoms. The van der Waals surface area contributed by atoms with Crippen molar-refractivity contribution < 1.29 is 28.9 Å². The molecule has 0 aliphatic carbocycles. The molecule has 9 heteroatoms. The average Bonchev–Trinajstić information content (AvgIpc) is 2.90. The zero-order valence-corrected chi connectivity index (χ0v) is 23.0. The van der Waals surface area contributed by atoms with Crippen molar-refractivity contribution in [1.82, 2.24) is 4.90 Å². The highest BCUT2D eigenvalue weighted by Crippen LogP contribution is 2.29. The first-order chi connectivity index (χ1) is 17.8. The van der Waals surface area contributed by atoms with Crippen molar-refractivity contribution in [2.75, 3.05) is 33.1 Å². The number of hydrogen-bond donors (Lipinski definition) is 2. The third-order valence-electron chi connectivity index (χ3n) is 5.29. The molecule has 0 atom stereocenters. The number of carbonyl (C=O) groups is 2. The summed E-state index contributed by atoms with van der Waals surface area (Å²) >= 11 is 2.02. The van der Waals surface area contributed by atoms with Gasteiger partial charge in [-0.2, -0.15) is 0 Å². The highest BCUT2D eigenvalue weighted by molar-refractivity contribution is 14.1. The summed E-state index contributed by atoms with van der Waals surface area (Å²) in [6.07, 6.45) is 1.39. The van der Waals surface area contributed by atoms with Crippen molar-refractivity contribution in [2.45, 2.75) is 13.0 Å². The highest BCUT2D eigenvalue weighted by Gasteiger charge is 2.16. The number of benzene rings is 3. The van der Waals surface area contributed by atoms with E-state index in [9.17, 15) is 14.7 Å². The summed E-state index contributed by atoms with van der Waals surface area (Å²) in [6, 6.07) is 20.0. The van der Waals surface area contributed by atoms with Crippen LogP contribution in [0.3, 0.4) is 0 Å². The molecule has 0 saturated carbocycles. The van der Waals surface area contributed by atoms with E-state index in [-0.39, 0.29) is 18.9 Å². The fraction of sp³-hybridized carbons (Fsp3) is 0.214. The lowest BCUT2D eigenvalue weighted by Gasteiger charge is -2.15. The zero-order chi connectivity index (χ0) is 26.8. The molecule has 3 rings (SSSR count). The smallest absolute Gasteiger partial charge is 0.414 e. The highest BCUT2D eigenvalue weighted by atomic mass is 127. The van der Waals surface area contributed by atoms with Crippen LogP contribution in [0.4, 0.5) is 10.5 Å². The number of ether oxygens (including phenoxy) is 3. The first-order valence-electron chi connectivity index (χ1n) is 11.5. The molecule has 0 aliphatic heterocycles. The van der Waals surface area contributed by atoms with Crippen LogP contribution in [0, 0.1) is 3.57 Å². The molecule has 8 nitrogen and oxygen atoms in total. The van der Waals surface area contributed by atoms with Crippen LogP contribution in [-0.4, -0.2) is 49.8 Å². The normalized spacial score (nSPS) is 11.0. The number of carbonyl (C=O) groups excluding carboxylic acids is 2. The lowest BCUT2D eigenvalue weighted by molar-refractivity contribution is -0.113. The topological polar surface area (TPSA) is 97.3 Å². The number of hydrogen-bond acceptors (Lipinski definition) is 6. The van der Waals surface area contributed by atoms with E-state index in [1.54, 1.807) is 45.5 Å². The second kappa shape index (κ2) is 13.7. The van der Waals surface area contributed by atoms with Gasteiger partial charge in [0.2, 0.25) is 0 Å². The van der Waals surface area contributed by atoms with Crippen molar-refractivity contribution in [3.05, 3.63) is 87.0 Å². The first-order valence-corrected chi connectivity index (χ1v) is 12.6. The van der Waals surface area contributed by atoms with Gasteiger partial charge in [-0.25, -0.2) is 4.79 Å². The lowest BCUT2D eigenvalue weighted by atomic mass is 10.0. The van der Waals surface area contributed by atoms with Crippen molar-refractivity contribution in [2.24, 2.45) is 0 Å². The Hall–Kier alpha value is -3.57. The van der Waals surface area contributed by atoms with E-state index < -0.39 is 6.09 Å². The van der Waals surface area contributed by atoms with E-state index in [2.05, 4.69) is 5.32 Å². The maximum absolute atomic E-state index is 13.2. The van der Waals surface area contributed by atoms with E-state index in [0.717, 1.165) is 16.9 Å². The van der Waals surface area contributed by atoms with Gasteiger partial charge in [0.15, 0.2) is 0 Å². The van der Waals surface area contributed by atoms with Crippen LogP contribution in [-0.2, 0) is 11.4 Å². The number of aliphatic hydroxyl groups excluding tert-OH is 1. The van der Waals surface area contributed by atoms with Gasteiger partial charge in [0.1, 0.15) is 23.9 Å². The minimum Gasteiger partial charge on any atom is -0.497 e. The summed E-state index contributed by atoms with van der Waals surface area (Å²) in [5.41, 5.74) is 2.58. The van der Waals surface area contributed by atoms with Gasteiger partial charge in [-0.1, -0.05) is 30.3 Å². The Morgan fingerprint density at radius 1 is 1.00 bits per heavy atom. The summed E-state index contributed by atoms with van der Waals surface area (Å²) in [5.74, 6) is 1.41. The van der Waals surface area contributed by atoms with Crippen LogP contribution in [0.1, 0.15) is 17.5 Å². The molecule has 2 N–H and O–H groups in total. The van der Waals surface area contributed by atoms with E-state index >= 15 is 0 Å². The van der Waals surface area contributed by atoms with Crippen molar-refractivity contribution >= 4 is 46.4 Å². The Morgan fingerprint density at radius 2 is 1.70 bits per heavy atom. The standard InChI is InChI=1S/C28H29IN2O6/c1-31(2)28(34)37-25-10-6-9-24(26(25)29)30-27(33)20(15-16-32)17-19-7-4-5-8-21(19)18-36-23-13-11-22(35-3)12-14-23/h4-14,17,32H,15-16,18H2,1-3H3,(H,30,33)/b20-17+. The number of rotatable bonds is 10. The molecule has 0 aliphatic rings. The maximum atomic E-state index is 13.2. The number of aliphatic hydroxyl groups is 1. The van der Waals surface area contributed by atoms with Crippen LogP contribution >= 0.6 is 22.6 Å². The Morgan fingerprint density at radius 3 is 2.38 bits per heavy atom. The summed E-state index contributed by atoms with van der Waals surface area (Å²) in [4.78, 5) is 26.5. The van der Waals surface area contributed by atoms with E-state index in [0.29, 0.717) is 32.9 Å². The summed E-state index contributed by atoms with van der Waals surface area (Å²) in [5, 5.41) is 12.5. The van der Waals surface area contributed by atoms with Gasteiger partial charge in [0, 0.05) is 32.7 Å². The summed E-state index contributed by atoms with van der Waals surface area (Å²) in [6.45, 7) is 0.103. The number of amides is 2. The van der Waals surface area contributed by atoms with Crippen LogP contribution in [0.2, 0.25) is 0 Å². The number of anilines is 1. The van der Waals surface area contributed by atoms with Crippen LogP contribution < -0.4 is 19.5 Å². The molecular formula is C28H29IN2O6. The van der Waals surface area contributed by atoms with E-state index in [1.807, 2.05) is 71.1 Å².